The van der Waals surface area contributed by atoms with Crippen molar-refractivity contribution in [2.24, 2.45) is 0 Å². The fourth-order valence-corrected chi connectivity index (χ4v) is 4.46. The highest BCUT2D eigenvalue weighted by Gasteiger charge is 2.18. The molecule has 1 fully saturated rings. The van der Waals surface area contributed by atoms with Gasteiger partial charge in [-0.25, -0.2) is 0 Å². The highest BCUT2D eigenvalue weighted by molar-refractivity contribution is 7.14. The Bertz CT molecular complexity index is 729. The van der Waals surface area contributed by atoms with Crippen molar-refractivity contribution >= 4 is 29.4 Å². The fraction of sp³-hybridized carbons (Fsp3) is 0.500. The van der Waals surface area contributed by atoms with Gasteiger partial charge in [-0.15, -0.1) is 23.7 Å². The zero-order valence-electron chi connectivity index (χ0n) is 14.1. The average Bonchev–Trinajstić information content (AvgIpc) is 2.90. The van der Waals surface area contributed by atoms with E-state index in [2.05, 4.69) is 28.3 Å². The molecule has 23 heavy (non-hydrogen) atoms. The lowest BCUT2D eigenvalue weighted by atomic mass is 10.0. The third-order valence-corrected chi connectivity index (χ3v) is 5.75. The summed E-state index contributed by atoms with van der Waals surface area (Å²) < 4.78 is 0. The highest BCUT2D eigenvalue weighted by Crippen LogP contribution is 2.39. The van der Waals surface area contributed by atoms with Crippen LogP contribution < -0.4 is 10.5 Å². The molecule has 0 saturated carbocycles. The number of aryl methyl sites for hydroxylation is 2. The predicted octanol–water partition coefficient (Wildman–Crippen LogP) is 4.69. The molecule has 0 amide bonds. The van der Waals surface area contributed by atoms with Crippen LogP contribution in [0.15, 0.2) is 16.2 Å². The molecule has 3 heterocycles. The molecule has 1 aliphatic heterocycles. The van der Waals surface area contributed by atoms with E-state index in [4.69, 9.17) is 0 Å². The minimum Gasteiger partial charge on any atom is -0.371 e. The lowest BCUT2D eigenvalue weighted by Gasteiger charge is -2.28. The lowest BCUT2D eigenvalue weighted by molar-refractivity contribution is 0.577. The zero-order chi connectivity index (χ0) is 15.7. The molecular formula is C18H25ClN2OS. The number of anilines is 1. The van der Waals surface area contributed by atoms with Crippen molar-refractivity contribution in [2.75, 3.05) is 18.0 Å². The molecule has 126 valence electrons. The second-order valence-corrected chi connectivity index (χ2v) is 7.02. The third-order valence-electron chi connectivity index (χ3n) is 4.65. The maximum atomic E-state index is 11.9. The highest BCUT2D eigenvalue weighted by atomic mass is 35.5. The average molecular weight is 353 g/mol. The summed E-state index contributed by atoms with van der Waals surface area (Å²) in [6, 6.07) is 2.08. The van der Waals surface area contributed by atoms with Gasteiger partial charge in [-0.2, -0.15) is 0 Å². The normalized spacial score (nSPS) is 14.7. The predicted molar refractivity (Wildman–Crippen MR) is 103 cm³/mol. The second kappa shape index (κ2) is 7.54. The molecule has 3 nitrogen and oxygen atoms in total. The Kier molecular flexibility index (Phi) is 5.93. The molecule has 2 aromatic heterocycles. The van der Waals surface area contributed by atoms with E-state index in [1.54, 1.807) is 11.3 Å². The van der Waals surface area contributed by atoms with E-state index in [-0.39, 0.29) is 18.0 Å². The van der Waals surface area contributed by atoms with Crippen LogP contribution in [0.5, 0.6) is 0 Å². The number of aromatic amines is 1. The van der Waals surface area contributed by atoms with E-state index in [0.29, 0.717) is 0 Å². The van der Waals surface area contributed by atoms with Gasteiger partial charge in [-0.05, 0) is 51.2 Å². The Labute approximate surface area is 148 Å². The summed E-state index contributed by atoms with van der Waals surface area (Å²) in [6.45, 7) is 8.58. The van der Waals surface area contributed by atoms with Gasteiger partial charge in [0.05, 0.1) is 5.69 Å². The van der Waals surface area contributed by atoms with Crippen LogP contribution in [0.2, 0.25) is 0 Å². The van der Waals surface area contributed by atoms with Crippen molar-refractivity contribution in [2.45, 2.75) is 46.5 Å². The fourth-order valence-electron chi connectivity index (χ4n) is 3.28. The van der Waals surface area contributed by atoms with E-state index in [0.717, 1.165) is 17.7 Å². The number of hydrogen-bond donors (Lipinski definition) is 1. The summed E-state index contributed by atoms with van der Waals surface area (Å²) in [5.74, 6) is 0. The van der Waals surface area contributed by atoms with Gasteiger partial charge in [-0.3, -0.25) is 4.79 Å². The topological polar surface area (TPSA) is 36.1 Å². The monoisotopic (exact) mass is 352 g/mol. The first-order valence-electron chi connectivity index (χ1n) is 8.18. The summed E-state index contributed by atoms with van der Waals surface area (Å²) in [4.78, 5) is 18.8. The van der Waals surface area contributed by atoms with Gasteiger partial charge < -0.3 is 9.88 Å². The Hall–Kier alpha value is -1.26. The SMILES string of the molecule is CCc1cc(-c2scc(N3CCCCC3)c2C)c(C)[nH]c1=O.Cl. The minimum atomic E-state index is 0. The molecule has 0 radical (unpaired) electrons. The molecule has 0 aromatic carbocycles. The van der Waals surface area contributed by atoms with Gasteiger partial charge in [0.25, 0.3) is 5.56 Å². The molecule has 2 aromatic rings. The standard InChI is InChI=1S/C18H24N2OS.ClH/c1-4-14-10-15(13(3)19-18(14)21)17-12(2)16(11-22-17)20-8-6-5-7-9-20;/h10-11H,4-9H2,1-3H3,(H,19,21);1H. The number of H-pyrrole nitrogens is 1. The van der Waals surface area contributed by atoms with E-state index < -0.39 is 0 Å². The summed E-state index contributed by atoms with van der Waals surface area (Å²) >= 11 is 1.80. The number of rotatable bonds is 3. The number of aromatic nitrogens is 1. The molecule has 0 atom stereocenters. The van der Waals surface area contributed by atoms with Gasteiger partial charge >= 0.3 is 0 Å². The smallest absolute Gasteiger partial charge is 0.251 e. The molecular weight excluding hydrogens is 328 g/mol. The molecule has 3 rings (SSSR count). The van der Waals surface area contributed by atoms with Crippen LogP contribution in [0, 0.1) is 13.8 Å². The van der Waals surface area contributed by atoms with Gasteiger partial charge in [0.15, 0.2) is 0 Å². The Morgan fingerprint density at radius 1 is 1.22 bits per heavy atom. The van der Waals surface area contributed by atoms with Crippen molar-refractivity contribution in [3.63, 3.8) is 0 Å². The quantitative estimate of drug-likeness (QED) is 0.869. The molecule has 1 N–H and O–H groups in total. The largest absolute Gasteiger partial charge is 0.371 e. The summed E-state index contributed by atoms with van der Waals surface area (Å²) in [6.07, 6.45) is 4.71. The Morgan fingerprint density at radius 3 is 2.57 bits per heavy atom. The number of thiophene rings is 1. The first-order chi connectivity index (χ1) is 10.6. The lowest BCUT2D eigenvalue weighted by Crippen LogP contribution is -2.29. The second-order valence-electron chi connectivity index (χ2n) is 6.14. The molecule has 1 aliphatic rings. The Morgan fingerprint density at radius 2 is 1.91 bits per heavy atom. The zero-order valence-corrected chi connectivity index (χ0v) is 15.7. The number of pyridine rings is 1. The maximum Gasteiger partial charge on any atom is 0.251 e. The van der Waals surface area contributed by atoms with Crippen LogP contribution >= 0.6 is 23.7 Å². The van der Waals surface area contributed by atoms with Crippen LogP contribution in [0.25, 0.3) is 10.4 Å². The van der Waals surface area contributed by atoms with Gasteiger partial charge in [0.1, 0.15) is 0 Å². The van der Waals surface area contributed by atoms with Gasteiger partial charge in [-0.1, -0.05) is 6.92 Å². The number of halogens is 1. The minimum absolute atomic E-state index is 0. The molecule has 5 heteroatoms. The molecule has 0 aliphatic carbocycles. The molecule has 0 unspecified atom stereocenters. The molecule has 0 bridgehead atoms. The first kappa shape index (κ1) is 18.1. The van der Waals surface area contributed by atoms with Crippen molar-refractivity contribution in [1.82, 2.24) is 4.98 Å². The van der Waals surface area contributed by atoms with Crippen LogP contribution in [-0.4, -0.2) is 18.1 Å². The molecule has 1 saturated heterocycles. The van der Waals surface area contributed by atoms with Crippen LogP contribution in [0.4, 0.5) is 5.69 Å². The number of piperidine rings is 1. The summed E-state index contributed by atoms with van der Waals surface area (Å²) in [7, 11) is 0. The van der Waals surface area contributed by atoms with Crippen LogP contribution in [0.1, 0.15) is 43.0 Å². The van der Waals surface area contributed by atoms with Crippen molar-refractivity contribution in [3.8, 4) is 10.4 Å². The first-order valence-corrected chi connectivity index (χ1v) is 9.06. The summed E-state index contributed by atoms with van der Waals surface area (Å²) in [5, 5.41) is 2.28. The van der Waals surface area contributed by atoms with Crippen molar-refractivity contribution in [3.05, 3.63) is 38.6 Å². The Balaban J connectivity index is 0.00000192. The number of nitrogens with one attached hydrogen (secondary N) is 1. The van der Waals surface area contributed by atoms with Crippen LogP contribution in [-0.2, 0) is 6.42 Å². The van der Waals surface area contributed by atoms with E-state index in [9.17, 15) is 4.79 Å². The van der Waals surface area contributed by atoms with E-state index >= 15 is 0 Å². The van der Waals surface area contributed by atoms with E-state index in [1.165, 1.54) is 54.0 Å². The molecule has 0 spiro atoms. The number of hydrogen-bond acceptors (Lipinski definition) is 3. The maximum absolute atomic E-state index is 11.9. The van der Waals surface area contributed by atoms with Crippen molar-refractivity contribution < 1.29 is 0 Å². The van der Waals surface area contributed by atoms with Gasteiger partial charge in [0, 0.05) is 40.2 Å². The number of nitrogens with zero attached hydrogens (tertiary/aromatic N) is 1. The van der Waals surface area contributed by atoms with Crippen LogP contribution in [0.3, 0.4) is 0 Å². The summed E-state index contributed by atoms with van der Waals surface area (Å²) in [5.41, 5.74) is 5.80. The van der Waals surface area contributed by atoms with Gasteiger partial charge in [0.2, 0.25) is 0 Å². The van der Waals surface area contributed by atoms with Crippen molar-refractivity contribution in [1.29, 1.82) is 0 Å². The third kappa shape index (κ3) is 3.48. The van der Waals surface area contributed by atoms with E-state index in [1.807, 2.05) is 13.8 Å².